The number of nitrogens with zero attached hydrogens (tertiary/aromatic N) is 3. The first kappa shape index (κ1) is 20.7. The zero-order valence-electron chi connectivity index (χ0n) is 17.7. The smallest absolute Gasteiger partial charge is 0.325 e. The number of urea groups is 1. The average Bonchev–Trinajstić information content (AvgIpc) is 3.03. The molecule has 162 valence electrons. The van der Waals surface area contributed by atoms with E-state index < -0.39 is 5.54 Å². The number of piperidine rings is 2. The van der Waals surface area contributed by atoms with E-state index in [1.54, 1.807) is 36.3 Å². The van der Waals surface area contributed by atoms with Gasteiger partial charge in [0.2, 0.25) is 0 Å². The van der Waals surface area contributed by atoms with Gasteiger partial charge in [0, 0.05) is 31.7 Å². The Morgan fingerprint density at radius 2 is 1.87 bits per heavy atom. The Morgan fingerprint density at radius 1 is 1.17 bits per heavy atom. The number of amides is 4. The molecule has 3 aliphatic rings. The minimum absolute atomic E-state index is 0.0830. The summed E-state index contributed by atoms with van der Waals surface area (Å²) in [6.07, 6.45) is 2.77. The SMILES string of the molecule is CCN1CCC2(CC1)NC(=O)N([C@@H]1CCCN(C(=O)c3ccc(OC)cc3)C1)C2=O. The van der Waals surface area contributed by atoms with Gasteiger partial charge in [-0.15, -0.1) is 0 Å². The van der Waals surface area contributed by atoms with E-state index in [9.17, 15) is 14.4 Å². The van der Waals surface area contributed by atoms with Crippen molar-refractivity contribution in [1.29, 1.82) is 0 Å². The van der Waals surface area contributed by atoms with E-state index in [2.05, 4.69) is 17.1 Å². The number of rotatable bonds is 4. The molecule has 0 aromatic heterocycles. The van der Waals surface area contributed by atoms with Crippen LogP contribution in [0.15, 0.2) is 24.3 Å². The molecule has 8 nitrogen and oxygen atoms in total. The number of carbonyl (C=O) groups is 3. The van der Waals surface area contributed by atoms with Gasteiger partial charge in [0.15, 0.2) is 0 Å². The van der Waals surface area contributed by atoms with Crippen LogP contribution in [0.25, 0.3) is 0 Å². The van der Waals surface area contributed by atoms with E-state index in [1.807, 2.05) is 0 Å². The lowest BCUT2D eigenvalue weighted by molar-refractivity contribution is -0.135. The van der Waals surface area contributed by atoms with Crippen LogP contribution in [0.5, 0.6) is 5.75 Å². The van der Waals surface area contributed by atoms with Crippen molar-refractivity contribution >= 4 is 17.8 Å². The van der Waals surface area contributed by atoms with Gasteiger partial charge in [0.25, 0.3) is 11.8 Å². The summed E-state index contributed by atoms with van der Waals surface area (Å²) in [5, 5.41) is 2.99. The molecule has 3 aliphatic heterocycles. The summed E-state index contributed by atoms with van der Waals surface area (Å²) in [7, 11) is 1.59. The third kappa shape index (κ3) is 3.64. The summed E-state index contributed by atoms with van der Waals surface area (Å²) in [6.45, 7) is 5.68. The molecule has 0 aliphatic carbocycles. The quantitative estimate of drug-likeness (QED) is 0.759. The molecule has 3 fully saturated rings. The minimum Gasteiger partial charge on any atom is -0.497 e. The fourth-order valence-corrected chi connectivity index (χ4v) is 4.83. The number of carbonyl (C=O) groups excluding carboxylic acids is 3. The van der Waals surface area contributed by atoms with Gasteiger partial charge in [0.1, 0.15) is 11.3 Å². The highest BCUT2D eigenvalue weighted by molar-refractivity contribution is 6.07. The van der Waals surface area contributed by atoms with Crippen LogP contribution in [0.2, 0.25) is 0 Å². The number of ether oxygens (including phenoxy) is 1. The molecule has 0 radical (unpaired) electrons. The van der Waals surface area contributed by atoms with Crippen LogP contribution in [0.4, 0.5) is 4.79 Å². The van der Waals surface area contributed by atoms with E-state index in [0.29, 0.717) is 37.2 Å². The van der Waals surface area contributed by atoms with Gasteiger partial charge in [0.05, 0.1) is 13.2 Å². The fraction of sp³-hybridized carbons (Fsp3) is 0.591. The van der Waals surface area contributed by atoms with Gasteiger partial charge >= 0.3 is 6.03 Å². The summed E-state index contributed by atoms with van der Waals surface area (Å²) < 4.78 is 5.15. The summed E-state index contributed by atoms with van der Waals surface area (Å²) in [6, 6.07) is 6.42. The molecule has 1 N–H and O–H groups in total. The van der Waals surface area contributed by atoms with Crippen molar-refractivity contribution in [3.05, 3.63) is 29.8 Å². The third-order valence-electron chi connectivity index (χ3n) is 6.74. The van der Waals surface area contributed by atoms with Crippen LogP contribution in [0.3, 0.4) is 0 Å². The third-order valence-corrected chi connectivity index (χ3v) is 6.74. The second-order valence-corrected chi connectivity index (χ2v) is 8.40. The standard InChI is InChI=1S/C22H30N4O4/c1-3-24-13-10-22(11-14-24)20(28)26(21(29)23-22)17-5-4-12-25(15-17)19(27)16-6-8-18(30-2)9-7-16/h6-9,17H,3-5,10-15H2,1-2H3,(H,23,29)/t17-/m1/s1. The second-order valence-electron chi connectivity index (χ2n) is 8.40. The molecule has 0 saturated carbocycles. The van der Waals surface area contributed by atoms with Crippen LogP contribution >= 0.6 is 0 Å². The van der Waals surface area contributed by atoms with Crippen molar-refractivity contribution in [2.45, 2.75) is 44.2 Å². The molecule has 4 rings (SSSR count). The molecule has 3 heterocycles. The molecule has 3 saturated heterocycles. The molecule has 1 atom stereocenters. The van der Waals surface area contributed by atoms with Gasteiger partial charge in [-0.1, -0.05) is 6.92 Å². The number of methoxy groups -OCH3 is 1. The monoisotopic (exact) mass is 414 g/mol. The van der Waals surface area contributed by atoms with Crippen LogP contribution < -0.4 is 10.1 Å². The van der Waals surface area contributed by atoms with E-state index >= 15 is 0 Å². The second kappa shape index (κ2) is 8.26. The Bertz CT molecular complexity index is 817. The van der Waals surface area contributed by atoms with E-state index in [0.717, 1.165) is 32.5 Å². The number of benzene rings is 1. The molecule has 4 amide bonds. The number of imide groups is 1. The number of hydrogen-bond acceptors (Lipinski definition) is 5. The van der Waals surface area contributed by atoms with E-state index in [1.165, 1.54) is 4.90 Å². The van der Waals surface area contributed by atoms with Gasteiger partial charge in [-0.3, -0.25) is 14.5 Å². The molecule has 1 aromatic carbocycles. The summed E-state index contributed by atoms with van der Waals surface area (Å²) in [5.74, 6) is 0.495. The van der Waals surface area contributed by atoms with Gasteiger partial charge in [-0.05, 0) is 56.5 Å². The highest BCUT2D eigenvalue weighted by Gasteiger charge is 2.54. The molecule has 8 heteroatoms. The Kier molecular flexibility index (Phi) is 5.69. The Morgan fingerprint density at radius 3 is 2.50 bits per heavy atom. The first-order valence-corrected chi connectivity index (χ1v) is 10.8. The zero-order valence-corrected chi connectivity index (χ0v) is 17.7. The number of nitrogens with one attached hydrogen (secondary N) is 1. The maximum absolute atomic E-state index is 13.3. The van der Waals surface area contributed by atoms with Crippen LogP contribution in [0, 0.1) is 0 Å². The highest BCUT2D eigenvalue weighted by Crippen LogP contribution is 2.32. The summed E-state index contributed by atoms with van der Waals surface area (Å²) in [5.41, 5.74) is -0.192. The molecular formula is C22H30N4O4. The van der Waals surface area contributed by atoms with Gasteiger partial charge < -0.3 is 19.9 Å². The lowest BCUT2D eigenvalue weighted by atomic mass is 9.87. The molecule has 1 spiro atoms. The van der Waals surface area contributed by atoms with Crippen molar-refractivity contribution < 1.29 is 19.1 Å². The summed E-state index contributed by atoms with van der Waals surface area (Å²) >= 11 is 0. The van der Waals surface area contributed by atoms with Crippen LogP contribution in [0.1, 0.15) is 43.0 Å². The number of likely N-dealkylation sites (tertiary alicyclic amines) is 2. The fourth-order valence-electron chi connectivity index (χ4n) is 4.83. The molecular weight excluding hydrogens is 384 g/mol. The Hall–Kier alpha value is -2.61. The predicted molar refractivity (Wildman–Crippen MR) is 111 cm³/mol. The van der Waals surface area contributed by atoms with Gasteiger partial charge in [-0.25, -0.2) is 4.79 Å². The molecule has 1 aromatic rings. The van der Waals surface area contributed by atoms with E-state index in [4.69, 9.17) is 4.74 Å². The van der Waals surface area contributed by atoms with Gasteiger partial charge in [-0.2, -0.15) is 0 Å². The maximum atomic E-state index is 13.3. The average molecular weight is 415 g/mol. The molecule has 0 bridgehead atoms. The first-order valence-electron chi connectivity index (χ1n) is 10.8. The minimum atomic E-state index is -0.773. The van der Waals surface area contributed by atoms with Crippen molar-refractivity contribution in [3.63, 3.8) is 0 Å². The predicted octanol–water partition coefficient (Wildman–Crippen LogP) is 1.71. The molecule has 0 unspecified atom stereocenters. The Balaban J connectivity index is 1.45. The van der Waals surface area contributed by atoms with E-state index in [-0.39, 0.29) is 23.9 Å². The number of hydrogen-bond donors (Lipinski definition) is 1. The normalized spacial score (nSPS) is 24.3. The molecule has 30 heavy (non-hydrogen) atoms. The van der Waals surface area contributed by atoms with Crippen molar-refractivity contribution in [2.24, 2.45) is 0 Å². The van der Waals surface area contributed by atoms with Crippen molar-refractivity contribution in [2.75, 3.05) is 39.8 Å². The lowest BCUT2D eigenvalue weighted by Gasteiger charge is -2.39. The lowest BCUT2D eigenvalue weighted by Crippen LogP contribution is -2.56. The largest absolute Gasteiger partial charge is 0.497 e. The highest BCUT2D eigenvalue weighted by atomic mass is 16.5. The topological polar surface area (TPSA) is 82.2 Å². The van der Waals surface area contributed by atoms with Crippen molar-refractivity contribution in [1.82, 2.24) is 20.0 Å². The summed E-state index contributed by atoms with van der Waals surface area (Å²) in [4.78, 5) is 44.5. The van der Waals surface area contributed by atoms with Crippen molar-refractivity contribution in [3.8, 4) is 5.75 Å². The van der Waals surface area contributed by atoms with Crippen LogP contribution in [-0.4, -0.2) is 84.0 Å². The van der Waals surface area contributed by atoms with Crippen LogP contribution in [-0.2, 0) is 4.79 Å². The first-order chi connectivity index (χ1) is 14.5. The zero-order chi connectivity index (χ0) is 21.3. The maximum Gasteiger partial charge on any atom is 0.325 e. The Labute approximate surface area is 177 Å².